The molecule has 0 bridgehead atoms. The molecule has 5 heteroatoms. The Hall–Kier alpha value is -0.840. The molecule has 0 aliphatic carbocycles. The van der Waals surface area contributed by atoms with E-state index < -0.39 is 0 Å². The molecule has 0 saturated carbocycles. The van der Waals surface area contributed by atoms with Crippen molar-refractivity contribution in [3.63, 3.8) is 0 Å². The summed E-state index contributed by atoms with van der Waals surface area (Å²) < 4.78 is 6.77. The molecule has 0 spiro atoms. The zero-order chi connectivity index (χ0) is 13.1. The van der Waals surface area contributed by atoms with Gasteiger partial charge in [0.1, 0.15) is 10.1 Å². The predicted molar refractivity (Wildman–Crippen MR) is 78.1 cm³/mol. The molecule has 0 unspecified atom stereocenters. The Morgan fingerprint density at radius 2 is 2.17 bits per heavy atom. The average Bonchev–Trinajstić information content (AvgIpc) is 2.70. The van der Waals surface area contributed by atoms with Crippen LogP contribution in [0.25, 0.3) is 0 Å². The third kappa shape index (κ3) is 2.76. The van der Waals surface area contributed by atoms with Gasteiger partial charge in [0.25, 0.3) is 0 Å². The van der Waals surface area contributed by atoms with Crippen LogP contribution in [0, 0.1) is 0 Å². The Labute approximate surface area is 123 Å². The Morgan fingerprint density at radius 3 is 2.78 bits per heavy atom. The number of carbonyl (C=O) groups is 1. The number of ether oxygens (including phenoxy) is 1. The minimum Gasteiger partial charge on any atom is -0.493 e. The Morgan fingerprint density at radius 1 is 1.44 bits per heavy atom. The van der Waals surface area contributed by atoms with Crippen LogP contribution >= 0.6 is 38.9 Å². The summed E-state index contributed by atoms with van der Waals surface area (Å²) in [6, 6.07) is 8.95. The molecule has 1 aromatic carbocycles. The lowest BCUT2D eigenvalue weighted by Gasteiger charge is -2.07. The van der Waals surface area contributed by atoms with Crippen molar-refractivity contribution in [1.29, 1.82) is 0 Å². The Balaban J connectivity index is 2.39. The maximum atomic E-state index is 12.4. The summed E-state index contributed by atoms with van der Waals surface area (Å²) in [5.74, 6) is 0.530. The summed E-state index contributed by atoms with van der Waals surface area (Å²) in [6.07, 6.45) is 0. The second-order valence-electron chi connectivity index (χ2n) is 3.49. The summed E-state index contributed by atoms with van der Waals surface area (Å²) >= 11 is 10.5. The number of halogens is 2. The molecule has 0 aliphatic heterocycles. The van der Waals surface area contributed by atoms with Crippen molar-refractivity contribution in [3.8, 4) is 5.75 Å². The highest BCUT2D eigenvalue weighted by molar-refractivity contribution is 9.10. The van der Waals surface area contributed by atoms with Gasteiger partial charge in [-0.05, 0) is 41.1 Å². The van der Waals surface area contributed by atoms with Crippen LogP contribution in [0.1, 0.15) is 22.2 Å². The molecule has 0 saturated heterocycles. The van der Waals surface area contributed by atoms with E-state index in [9.17, 15) is 4.79 Å². The Kier molecular flexibility index (Phi) is 4.43. The van der Waals surface area contributed by atoms with Crippen molar-refractivity contribution < 1.29 is 9.53 Å². The van der Waals surface area contributed by atoms with Crippen molar-refractivity contribution in [2.45, 2.75) is 6.92 Å². The minimum absolute atomic E-state index is 0.0725. The minimum atomic E-state index is -0.0725. The molecule has 2 aromatic rings. The van der Waals surface area contributed by atoms with Gasteiger partial charge in [-0.15, -0.1) is 11.3 Å². The summed E-state index contributed by atoms with van der Waals surface area (Å²) in [6.45, 7) is 2.42. The molecule has 2 nitrogen and oxygen atoms in total. The second-order valence-corrected chi connectivity index (χ2v) is 6.00. The number of hydrogen-bond donors (Lipinski definition) is 0. The molecule has 1 heterocycles. The quantitative estimate of drug-likeness (QED) is 0.744. The zero-order valence-electron chi connectivity index (χ0n) is 9.57. The topological polar surface area (TPSA) is 26.3 Å². The molecular weight excluding hydrogens is 336 g/mol. The molecule has 2 rings (SSSR count). The monoisotopic (exact) mass is 344 g/mol. The van der Waals surface area contributed by atoms with Gasteiger partial charge in [0, 0.05) is 4.47 Å². The summed E-state index contributed by atoms with van der Waals surface area (Å²) in [7, 11) is 0. The van der Waals surface area contributed by atoms with Crippen molar-refractivity contribution in [3.05, 3.63) is 49.6 Å². The van der Waals surface area contributed by atoms with E-state index in [0.717, 1.165) is 4.47 Å². The first-order valence-corrected chi connectivity index (χ1v) is 7.33. The first-order valence-electron chi connectivity index (χ1n) is 5.34. The van der Waals surface area contributed by atoms with Gasteiger partial charge < -0.3 is 4.74 Å². The highest BCUT2D eigenvalue weighted by Gasteiger charge is 2.17. The summed E-state index contributed by atoms with van der Waals surface area (Å²) in [5.41, 5.74) is 0.560. The van der Waals surface area contributed by atoms with E-state index in [0.29, 0.717) is 27.1 Å². The van der Waals surface area contributed by atoms with E-state index >= 15 is 0 Å². The first kappa shape index (κ1) is 13.6. The predicted octanol–water partition coefficient (Wildman–Crippen LogP) is 4.79. The highest BCUT2D eigenvalue weighted by Crippen LogP contribution is 2.34. The van der Waals surface area contributed by atoms with Crippen LogP contribution in [-0.4, -0.2) is 12.4 Å². The molecule has 0 atom stereocenters. The maximum Gasteiger partial charge on any atom is 0.206 e. The van der Waals surface area contributed by atoms with Gasteiger partial charge in [0.15, 0.2) is 0 Å². The molecule has 94 valence electrons. The zero-order valence-corrected chi connectivity index (χ0v) is 12.7. The fourth-order valence-corrected chi connectivity index (χ4v) is 3.18. The van der Waals surface area contributed by atoms with Crippen LogP contribution in [0.15, 0.2) is 34.8 Å². The number of carbonyl (C=O) groups excluding carboxylic acids is 1. The van der Waals surface area contributed by atoms with Gasteiger partial charge in [-0.2, -0.15) is 0 Å². The average molecular weight is 346 g/mol. The lowest BCUT2D eigenvalue weighted by atomic mass is 10.1. The van der Waals surface area contributed by atoms with Gasteiger partial charge in [0.05, 0.1) is 17.0 Å². The van der Waals surface area contributed by atoms with Crippen molar-refractivity contribution in [2.24, 2.45) is 0 Å². The normalized spacial score (nSPS) is 10.4. The largest absolute Gasteiger partial charge is 0.493 e. The summed E-state index contributed by atoms with van der Waals surface area (Å²) in [4.78, 5) is 13.0. The summed E-state index contributed by atoms with van der Waals surface area (Å²) in [5, 5.41) is 0. The Bertz CT molecular complexity index is 561. The lowest BCUT2D eigenvalue weighted by Crippen LogP contribution is -2.03. The van der Waals surface area contributed by atoms with Gasteiger partial charge in [-0.1, -0.05) is 23.7 Å². The number of benzene rings is 1. The first-order chi connectivity index (χ1) is 8.63. The fourth-order valence-electron chi connectivity index (χ4n) is 1.53. The van der Waals surface area contributed by atoms with E-state index in [2.05, 4.69) is 15.9 Å². The molecule has 0 amide bonds. The third-order valence-electron chi connectivity index (χ3n) is 2.30. The van der Waals surface area contributed by atoms with Crippen molar-refractivity contribution in [2.75, 3.05) is 6.61 Å². The van der Waals surface area contributed by atoms with Crippen molar-refractivity contribution in [1.82, 2.24) is 0 Å². The van der Waals surface area contributed by atoms with E-state index in [1.165, 1.54) is 11.3 Å². The number of rotatable bonds is 4. The number of hydrogen-bond acceptors (Lipinski definition) is 3. The van der Waals surface area contributed by atoms with E-state index in [-0.39, 0.29) is 5.78 Å². The molecular formula is C13H10BrClO2S. The van der Waals surface area contributed by atoms with Gasteiger partial charge in [-0.3, -0.25) is 4.79 Å². The molecule has 0 fully saturated rings. The SMILES string of the molecule is CCOc1ccccc1C(=O)c1cc(Br)c(Cl)s1. The molecule has 0 aliphatic rings. The van der Waals surface area contributed by atoms with Gasteiger partial charge >= 0.3 is 0 Å². The van der Waals surface area contributed by atoms with Crippen LogP contribution in [0.2, 0.25) is 4.34 Å². The van der Waals surface area contributed by atoms with Crippen LogP contribution in [0.5, 0.6) is 5.75 Å². The van der Waals surface area contributed by atoms with Gasteiger partial charge in [-0.25, -0.2) is 0 Å². The fraction of sp³-hybridized carbons (Fsp3) is 0.154. The molecule has 0 N–H and O–H groups in total. The smallest absolute Gasteiger partial charge is 0.206 e. The number of thiophene rings is 1. The van der Waals surface area contributed by atoms with E-state index in [1.807, 2.05) is 19.1 Å². The van der Waals surface area contributed by atoms with Crippen LogP contribution in [0.3, 0.4) is 0 Å². The van der Waals surface area contributed by atoms with Crippen LogP contribution in [-0.2, 0) is 0 Å². The van der Waals surface area contributed by atoms with Gasteiger partial charge in [0.2, 0.25) is 5.78 Å². The molecule has 0 radical (unpaired) electrons. The number of ketones is 1. The highest BCUT2D eigenvalue weighted by atomic mass is 79.9. The number of para-hydroxylation sites is 1. The van der Waals surface area contributed by atoms with Crippen molar-refractivity contribution >= 4 is 44.7 Å². The van der Waals surface area contributed by atoms with E-state index in [1.54, 1.807) is 18.2 Å². The maximum absolute atomic E-state index is 12.4. The van der Waals surface area contributed by atoms with Crippen LogP contribution in [0.4, 0.5) is 0 Å². The molecule has 18 heavy (non-hydrogen) atoms. The third-order valence-corrected chi connectivity index (χ3v) is 4.77. The second kappa shape index (κ2) is 5.87. The standard InChI is InChI=1S/C13H10BrClO2S/c1-2-17-10-6-4-3-5-8(10)12(16)11-7-9(14)13(15)18-11/h3-7H,2H2,1H3. The lowest BCUT2D eigenvalue weighted by molar-refractivity contribution is 0.103. The van der Waals surface area contributed by atoms with Crippen LogP contribution < -0.4 is 4.74 Å². The molecule has 1 aromatic heterocycles. The van der Waals surface area contributed by atoms with E-state index in [4.69, 9.17) is 16.3 Å².